The number of imide groups is 1. The molecule has 0 aliphatic heterocycles. The molecule has 0 bridgehead atoms. The Kier molecular flexibility index (Phi) is 8.40. The summed E-state index contributed by atoms with van der Waals surface area (Å²) in [5.74, 6) is -1.47. The Morgan fingerprint density at radius 2 is 2.00 bits per heavy atom. The van der Waals surface area contributed by atoms with E-state index in [0.717, 1.165) is 19.3 Å². The van der Waals surface area contributed by atoms with Gasteiger partial charge in [0.2, 0.25) is 0 Å². The number of amides is 3. The molecule has 1 aromatic heterocycles. The molecule has 0 aliphatic rings. The maximum absolute atomic E-state index is 12.1. The van der Waals surface area contributed by atoms with Gasteiger partial charge in [0.05, 0.1) is 5.69 Å². The molecule has 3 amide bonds. The molecule has 2 N–H and O–H groups in total. The predicted octanol–water partition coefficient (Wildman–Crippen LogP) is 2.43. The van der Waals surface area contributed by atoms with E-state index in [1.807, 2.05) is 20.8 Å². The Balaban J connectivity index is 2.58. The quantitative estimate of drug-likeness (QED) is 0.682. The minimum absolute atomic E-state index is 0.0641. The number of aromatic nitrogens is 2. The number of ether oxygens (including phenoxy) is 1. The van der Waals surface area contributed by atoms with Crippen molar-refractivity contribution in [3.05, 3.63) is 16.4 Å². The van der Waals surface area contributed by atoms with Crippen molar-refractivity contribution in [2.45, 2.75) is 59.5 Å². The van der Waals surface area contributed by atoms with E-state index in [4.69, 9.17) is 16.3 Å². The molecule has 0 saturated heterocycles. The third-order valence-corrected chi connectivity index (χ3v) is 3.95. The van der Waals surface area contributed by atoms with Crippen molar-refractivity contribution >= 4 is 29.5 Å². The van der Waals surface area contributed by atoms with Crippen LogP contribution in [-0.2, 0) is 16.1 Å². The summed E-state index contributed by atoms with van der Waals surface area (Å²) < 4.78 is 6.47. The molecule has 1 heterocycles. The van der Waals surface area contributed by atoms with E-state index >= 15 is 0 Å². The van der Waals surface area contributed by atoms with Crippen LogP contribution in [0.15, 0.2) is 0 Å². The summed E-state index contributed by atoms with van der Waals surface area (Å²) in [6, 6.07) is -0.692. The number of carbonyl (C=O) groups is 3. The van der Waals surface area contributed by atoms with E-state index in [0.29, 0.717) is 12.2 Å². The highest BCUT2D eigenvalue weighted by molar-refractivity contribution is 6.32. The summed E-state index contributed by atoms with van der Waals surface area (Å²) in [4.78, 5) is 35.4. The SMILES string of the molecule is CCCCn1nc(C)c(C(=O)OCC(=O)NC(=O)N[C@H](C)CC)c1Cl. The number of halogens is 1. The van der Waals surface area contributed by atoms with Crippen LogP contribution in [0.2, 0.25) is 5.15 Å². The van der Waals surface area contributed by atoms with Crippen LogP contribution in [0.1, 0.15) is 56.1 Å². The second-order valence-corrected chi connectivity index (χ2v) is 6.09. The van der Waals surface area contributed by atoms with Crippen molar-refractivity contribution in [3.8, 4) is 0 Å². The number of hydrogen-bond donors (Lipinski definition) is 2. The molecule has 9 heteroatoms. The molecular weight excluding hydrogens is 348 g/mol. The Morgan fingerprint density at radius 1 is 1.32 bits per heavy atom. The average Bonchev–Trinajstić information content (AvgIpc) is 2.84. The predicted molar refractivity (Wildman–Crippen MR) is 93.6 cm³/mol. The molecule has 1 atom stereocenters. The standard InChI is InChI=1S/C16H25ClN4O4/c1-5-7-8-21-14(17)13(11(4)20-21)15(23)25-9-12(22)19-16(24)18-10(3)6-2/h10H,5-9H2,1-4H3,(H2,18,19,22,24)/t10-/m1/s1. The number of nitrogens with one attached hydrogen (secondary N) is 2. The molecule has 0 unspecified atom stereocenters. The molecule has 1 aromatic rings. The molecule has 0 aromatic carbocycles. The van der Waals surface area contributed by atoms with E-state index in [1.54, 1.807) is 6.92 Å². The maximum atomic E-state index is 12.1. The summed E-state index contributed by atoms with van der Waals surface area (Å²) in [6.07, 6.45) is 2.58. The lowest BCUT2D eigenvalue weighted by molar-refractivity contribution is -0.123. The average molecular weight is 373 g/mol. The number of esters is 1. The number of unbranched alkanes of at least 4 members (excludes halogenated alkanes) is 1. The highest BCUT2D eigenvalue weighted by Crippen LogP contribution is 2.21. The van der Waals surface area contributed by atoms with E-state index in [2.05, 4.69) is 15.7 Å². The molecule has 8 nitrogen and oxygen atoms in total. The highest BCUT2D eigenvalue weighted by Gasteiger charge is 2.22. The third kappa shape index (κ3) is 6.38. The van der Waals surface area contributed by atoms with Gasteiger partial charge in [-0.1, -0.05) is 31.9 Å². The van der Waals surface area contributed by atoms with Crippen molar-refractivity contribution in [2.24, 2.45) is 0 Å². The molecule has 0 fully saturated rings. The zero-order chi connectivity index (χ0) is 19.0. The summed E-state index contributed by atoms with van der Waals surface area (Å²) in [7, 11) is 0. The number of hydrogen-bond acceptors (Lipinski definition) is 5. The molecule has 25 heavy (non-hydrogen) atoms. The largest absolute Gasteiger partial charge is 0.452 e. The Hall–Kier alpha value is -2.09. The maximum Gasteiger partial charge on any atom is 0.343 e. The number of aryl methyl sites for hydroxylation is 2. The minimum Gasteiger partial charge on any atom is -0.452 e. The van der Waals surface area contributed by atoms with Crippen molar-refractivity contribution in [2.75, 3.05) is 6.61 Å². The van der Waals surface area contributed by atoms with Gasteiger partial charge in [0.25, 0.3) is 5.91 Å². The topological polar surface area (TPSA) is 102 Å². The first-order valence-electron chi connectivity index (χ1n) is 8.30. The number of nitrogens with zero attached hydrogens (tertiary/aromatic N) is 2. The monoisotopic (exact) mass is 372 g/mol. The molecule has 0 radical (unpaired) electrons. The van der Waals surface area contributed by atoms with Crippen LogP contribution in [0, 0.1) is 6.92 Å². The van der Waals surface area contributed by atoms with Gasteiger partial charge in [-0.2, -0.15) is 5.10 Å². The zero-order valence-corrected chi connectivity index (χ0v) is 15.8. The first-order chi connectivity index (χ1) is 11.8. The zero-order valence-electron chi connectivity index (χ0n) is 15.0. The summed E-state index contributed by atoms with van der Waals surface area (Å²) >= 11 is 6.17. The normalized spacial score (nSPS) is 11.7. The number of urea groups is 1. The van der Waals surface area contributed by atoms with E-state index in [1.165, 1.54) is 4.68 Å². The van der Waals surface area contributed by atoms with Crippen molar-refractivity contribution in [3.63, 3.8) is 0 Å². The van der Waals surface area contributed by atoms with Crippen LogP contribution in [0.25, 0.3) is 0 Å². The molecule has 1 rings (SSSR count). The van der Waals surface area contributed by atoms with Crippen molar-refractivity contribution in [1.82, 2.24) is 20.4 Å². The van der Waals surface area contributed by atoms with Crippen LogP contribution >= 0.6 is 11.6 Å². The van der Waals surface area contributed by atoms with Crippen LogP contribution in [0.3, 0.4) is 0 Å². The van der Waals surface area contributed by atoms with Gasteiger partial charge < -0.3 is 10.1 Å². The second-order valence-electron chi connectivity index (χ2n) is 5.73. The van der Waals surface area contributed by atoms with Gasteiger partial charge in [-0.15, -0.1) is 0 Å². The van der Waals surface area contributed by atoms with Crippen molar-refractivity contribution < 1.29 is 19.1 Å². The Bertz CT molecular complexity index is 630. The second kappa shape index (κ2) is 10.0. The van der Waals surface area contributed by atoms with Gasteiger partial charge >= 0.3 is 12.0 Å². The Morgan fingerprint density at radius 3 is 2.60 bits per heavy atom. The van der Waals surface area contributed by atoms with Gasteiger partial charge in [0, 0.05) is 12.6 Å². The van der Waals surface area contributed by atoms with Gasteiger partial charge in [-0.3, -0.25) is 14.8 Å². The fourth-order valence-electron chi connectivity index (χ4n) is 1.97. The first-order valence-corrected chi connectivity index (χ1v) is 8.68. The van der Waals surface area contributed by atoms with Crippen molar-refractivity contribution in [1.29, 1.82) is 0 Å². The fraction of sp³-hybridized carbons (Fsp3) is 0.625. The van der Waals surface area contributed by atoms with E-state index in [9.17, 15) is 14.4 Å². The first kappa shape index (κ1) is 21.0. The van der Waals surface area contributed by atoms with E-state index in [-0.39, 0.29) is 16.8 Å². The van der Waals surface area contributed by atoms with Crippen LogP contribution in [-0.4, -0.2) is 40.3 Å². The number of rotatable bonds is 8. The summed E-state index contributed by atoms with van der Waals surface area (Å²) in [5, 5.41) is 9.06. The molecule has 0 saturated carbocycles. The smallest absolute Gasteiger partial charge is 0.343 e. The lowest BCUT2D eigenvalue weighted by Crippen LogP contribution is -2.44. The lowest BCUT2D eigenvalue weighted by Gasteiger charge is -2.11. The molecule has 0 spiro atoms. The molecular formula is C16H25ClN4O4. The van der Waals surface area contributed by atoms with Gasteiger partial charge in [0.1, 0.15) is 10.7 Å². The molecule has 0 aliphatic carbocycles. The van der Waals surface area contributed by atoms with Crippen LogP contribution in [0.4, 0.5) is 4.79 Å². The van der Waals surface area contributed by atoms with Crippen LogP contribution < -0.4 is 10.6 Å². The highest BCUT2D eigenvalue weighted by atomic mass is 35.5. The fourth-order valence-corrected chi connectivity index (χ4v) is 2.31. The minimum atomic E-state index is -0.747. The summed E-state index contributed by atoms with van der Waals surface area (Å²) in [6.45, 7) is 7.41. The summed E-state index contributed by atoms with van der Waals surface area (Å²) in [5.41, 5.74) is 0.565. The molecule has 140 valence electrons. The lowest BCUT2D eigenvalue weighted by atomic mass is 10.3. The van der Waals surface area contributed by atoms with E-state index < -0.39 is 24.5 Å². The van der Waals surface area contributed by atoms with Gasteiger partial charge in [-0.05, 0) is 26.7 Å². The Labute approximate surface area is 152 Å². The number of carbonyl (C=O) groups excluding carboxylic acids is 3. The van der Waals surface area contributed by atoms with Gasteiger partial charge in [-0.25, -0.2) is 9.59 Å². The van der Waals surface area contributed by atoms with Crippen LogP contribution in [0.5, 0.6) is 0 Å². The van der Waals surface area contributed by atoms with Gasteiger partial charge in [0.15, 0.2) is 6.61 Å². The third-order valence-electron chi connectivity index (χ3n) is 3.57.